The van der Waals surface area contributed by atoms with Gasteiger partial charge >= 0.3 is 0 Å². The lowest BCUT2D eigenvalue weighted by atomic mass is 10.1. The Labute approximate surface area is 154 Å². The lowest BCUT2D eigenvalue weighted by molar-refractivity contribution is -0.311. The molecule has 1 aliphatic rings. The van der Waals surface area contributed by atoms with Gasteiger partial charge in [0.2, 0.25) is 0 Å². The van der Waals surface area contributed by atoms with Gasteiger partial charge in [0.15, 0.2) is 0 Å². The Balaban J connectivity index is 2.57. The van der Waals surface area contributed by atoms with E-state index in [4.69, 9.17) is 46.4 Å². The standard InChI is InChI=1S/C13H7Cl4NO6/c14-7-5-6(8(15)10(17)9(7)16)12(22)18(11(5)21)3(13(23)24)1-2-4(19)20/h3H,1-2H2,(H,19,20)(H,23,24)/p-2. The number of imide groups is 1. The molecular weight excluding hydrogens is 408 g/mol. The summed E-state index contributed by atoms with van der Waals surface area (Å²) in [6, 6.07) is -1.85. The number of nitrogens with zero attached hydrogens (tertiary/aromatic N) is 1. The second-order valence-electron chi connectivity index (χ2n) is 4.73. The van der Waals surface area contributed by atoms with E-state index >= 15 is 0 Å². The lowest BCUT2D eigenvalue weighted by Gasteiger charge is -2.27. The summed E-state index contributed by atoms with van der Waals surface area (Å²) in [6.45, 7) is 0. The van der Waals surface area contributed by atoms with Gasteiger partial charge in [-0.05, 0) is 12.8 Å². The zero-order valence-corrected chi connectivity index (χ0v) is 14.4. The van der Waals surface area contributed by atoms with E-state index in [0.717, 1.165) is 0 Å². The van der Waals surface area contributed by atoms with Crippen LogP contribution >= 0.6 is 46.4 Å². The maximum Gasteiger partial charge on any atom is 0.263 e. The van der Waals surface area contributed by atoms with Gasteiger partial charge in [-0.1, -0.05) is 46.4 Å². The fourth-order valence-electron chi connectivity index (χ4n) is 2.26. The van der Waals surface area contributed by atoms with Crippen LogP contribution in [0.15, 0.2) is 0 Å². The maximum absolute atomic E-state index is 12.4. The molecule has 2 amide bonds. The van der Waals surface area contributed by atoms with Gasteiger partial charge in [0.1, 0.15) is 0 Å². The van der Waals surface area contributed by atoms with Gasteiger partial charge in [-0.15, -0.1) is 0 Å². The predicted molar refractivity (Wildman–Crippen MR) is 80.0 cm³/mol. The number of rotatable bonds is 5. The van der Waals surface area contributed by atoms with Gasteiger partial charge in [-0.3, -0.25) is 14.5 Å². The molecular formula is C13H5Cl4NO6-2. The van der Waals surface area contributed by atoms with E-state index in [-0.39, 0.29) is 20.1 Å². The Hall–Kier alpha value is -1.54. The predicted octanol–water partition coefficient (Wildman–Crippen LogP) is 0.545. The van der Waals surface area contributed by atoms with Crippen molar-refractivity contribution in [2.75, 3.05) is 0 Å². The van der Waals surface area contributed by atoms with Gasteiger partial charge in [0, 0.05) is 5.97 Å². The van der Waals surface area contributed by atoms with Crippen LogP contribution in [0.5, 0.6) is 0 Å². The van der Waals surface area contributed by atoms with Crippen LogP contribution < -0.4 is 10.2 Å². The van der Waals surface area contributed by atoms with Gasteiger partial charge in [-0.25, -0.2) is 0 Å². The van der Waals surface area contributed by atoms with Gasteiger partial charge in [-0.2, -0.15) is 0 Å². The minimum atomic E-state index is -1.85. The Morgan fingerprint density at radius 3 is 1.62 bits per heavy atom. The van der Waals surface area contributed by atoms with Crippen LogP contribution in [0.1, 0.15) is 33.6 Å². The molecule has 0 saturated heterocycles. The van der Waals surface area contributed by atoms with Crippen molar-refractivity contribution in [3.63, 3.8) is 0 Å². The van der Waals surface area contributed by atoms with E-state index in [2.05, 4.69) is 0 Å². The molecule has 2 rings (SSSR count). The van der Waals surface area contributed by atoms with E-state index in [1.165, 1.54) is 0 Å². The monoisotopic (exact) mass is 411 g/mol. The summed E-state index contributed by atoms with van der Waals surface area (Å²) >= 11 is 23.5. The molecule has 1 aromatic carbocycles. The third-order valence-corrected chi connectivity index (χ3v) is 5.14. The number of carbonyl (C=O) groups excluding carboxylic acids is 4. The topological polar surface area (TPSA) is 118 Å². The molecule has 1 heterocycles. The summed E-state index contributed by atoms with van der Waals surface area (Å²) in [5, 5.41) is 20.5. The zero-order chi connectivity index (χ0) is 18.3. The number of carboxylic acids is 2. The van der Waals surface area contributed by atoms with E-state index in [1.807, 2.05) is 0 Å². The summed E-state index contributed by atoms with van der Waals surface area (Å²) in [4.78, 5) is 47.0. The third kappa shape index (κ3) is 2.93. The molecule has 1 atom stereocenters. The second kappa shape index (κ2) is 6.76. The molecule has 128 valence electrons. The van der Waals surface area contributed by atoms with E-state index in [0.29, 0.717) is 4.90 Å². The number of benzene rings is 1. The Morgan fingerprint density at radius 2 is 1.29 bits per heavy atom. The van der Waals surface area contributed by atoms with Crippen LogP contribution in [0.2, 0.25) is 20.1 Å². The molecule has 11 heteroatoms. The Morgan fingerprint density at radius 1 is 0.875 bits per heavy atom. The average Bonchev–Trinajstić information content (AvgIpc) is 2.75. The number of fused-ring (bicyclic) bond motifs is 1. The molecule has 0 saturated carbocycles. The van der Waals surface area contributed by atoms with Gasteiger partial charge in [0.05, 0.1) is 43.2 Å². The van der Waals surface area contributed by atoms with E-state index in [9.17, 15) is 29.4 Å². The van der Waals surface area contributed by atoms with Crippen LogP contribution in [-0.4, -0.2) is 34.7 Å². The molecule has 7 nitrogen and oxygen atoms in total. The van der Waals surface area contributed by atoms with Crippen LogP contribution in [-0.2, 0) is 9.59 Å². The molecule has 0 bridgehead atoms. The quantitative estimate of drug-likeness (QED) is 0.395. The molecule has 0 spiro atoms. The largest absolute Gasteiger partial charge is 0.550 e. The van der Waals surface area contributed by atoms with Crippen molar-refractivity contribution in [3.8, 4) is 0 Å². The summed E-state index contributed by atoms with van der Waals surface area (Å²) in [5.41, 5.74) is -0.804. The minimum absolute atomic E-state index is 0.273. The highest BCUT2D eigenvalue weighted by Crippen LogP contribution is 2.45. The van der Waals surface area contributed by atoms with Crippen LogP contribution in [0.25, 0.3) is 0 Å². The number of carbonyl (C=O) groups is 4. The summed E-state index contributed by atoms with van der Waals surface area (Å²) in [5.74, 6) is -5.56. The van der Waals surface area contributed by atoms with Crippen molar-refractivity contribution < 1.29 is 29.4 Å². The highest BCUT2D eigenvalue weighted by molar-refractivity contribution is 6.55. The molecule has 0 aliphatic carbocycles. The SMILES string of the molecule is O=C([O-])CCC(C(=O)[O-])N1C(=O)c2c(Cl)c(Cl)c(Cl)c(Cl)c2C1=O. The van der Waals surface area contributed by atoms with Crippen molar-refractivity contribution in [1.29, 1.82) is 0 Å². The molecule has 0 radical (unpaired) electrons. The van der Waals surface area contributed by atoms with Gasteiger partial charge in [0.25, 0.3) is 11.8 Å². The first-order valence-corrected chi connectivity index (χ1v) is 7.75. The van der Waals surface area contributed by atoms with Crippen LogP contribution in [0.4, 0.5) is 0 Å². The fourth-order valence-corrected chi connectivity index (χ4v) is 3.27. The van der Waals surface area contributed by atoms with Crippen molar-refractivity contribution in [2.45, 2.75) is 18.9 Å². The first kappa shape index (κ1) is 18.8. The number of aliphatic carboxylic acids is 2. The highest BCUT2D eigenvalue weighted by atomic mass is 35.5. The first-order valence-electron chi connectivity index (χ1n) is 6.24. The number of hydrogen-bond acceptors (Lipinski definition) is 6. The van der Waals surface area contributed by atoms with Gasteiger partial charge < -0.3 is 19.8 Å². The number of hydrogen-bond donors (Lipinski definition) is 0. The van der Waals surface area contributed by atoms with Crippen molar-refractivity contribution in [2.24, 2.45) is 0 Å². The molecule has 0 N–H and O–H groups in total. The number of amides is 2. The first-order chi connectivity index (χ1) is 11.1. The second-order valence-corrected chi connectivity index (χ2v) is 6.24. The van der Waals surface area contributed by atoms with Crippen LogP contribution in [0, 0.1) is 0 Å². The summed E-state index contributed by atoms with van der Waals surface area (Å²) in [7, 11) is 0. The third-order valence-electron chi connectivity index (χ3n) is 3.34. The molecule has 0 fully saturated rings. The highest BCUT2D eigenvalue weighted by Gasteiger charge is 2.44. The van der Waals surface area contributed by atoms with Crippen LogP contribution in [0.3, 0.4) is 0 Å². The Kier molecular flexibility index (Phi) is 5.29. The molecule has 0 aromatic heterocycles. The van der Waals surface area contributed by atoms with E-state index < -0.39 is 53.8 Å². The molecule has 1 aliphatic heterocycles. The van der Waals surface area contributed by atoms with Crippen molar-refractivity contribution >= 4 is 70.2 Å². The molecule has 24 heavy (non-hydrogen) atoms. The smallest absolute Gasteiger partial charge is 0.263 e. The zero-order valence-electron chi connectivity index (χ0n) is 11.4. The number of halogens is 4. The summed E-state index contributed by atoms with van der Waals surface area (Å²) in [6.07, 6.45) is -1.32. The van der Waals surface area contributed by atoms with Crippen molar-refractivity contribution in [1.82, 2.24) is 4.90 Å². The maximum atomic E-state index is 12.4. The number of carboxylic acid groups (broad SMARTS) is 2. The Bertz CT molecular complexity index is 746. The normalized spacial score (nSPS) is 14.8. The summed E-state index contributed by atoms with van der Waals surface area (Å²) < 4.78 is 0. The average molecular weight is 413 g/mol. The van der Waals surface area contributed by atoms with Crippen molar-refractivity contribution in [3.05, 3.63) is 31.2 Å². The molecule has 1 unspecified atom stereocenters. The minimum Gasteiger partial charge on any atom is -0.550 e. The fraction of sp³-hybridized carbons (Fsp3) is 0.231. The van der Waals surface area contributed by atoms with E-state index in [1.54, 1.807) is 0 Å². The lowest BCUT2D eigenvalue weighted by Crippen LogP contribution is -2.51. The molecule has 1 aromatic rings.